The molecule has 0 fully saturated rings. The lowest BCUT2D eigenvalue weighted by molar-refractivity contribution is -0.121. The molecular formula is C17H19N3O3S. The number of thiophene rings is 1. The van der Waals surface area contributed by atoms with E-state index in [2.05, 4.69) is 15.3 Å². The predicted molar refractivity (Wildman–Crippen MR) is 93.3 cm³/mol. The first-order valence-corrected chi connectivity index (χ1v) is 8.56. The number of amides is 1. The maximum absolute atomic E-state index is 12.2. The van der Waals surface area contributed by atoms with Crippen LogP contribution in [0.3, 0.4) is 0 Å². The Morgan fingerprint density at radius 2 is 2.17 bits per heavy atom. The zero-order valence-electron chi connectivity index (χ0n) is 13.9. The number of furan rings is 1. The Labute approximate surface area is 142 Å². The Kier molecular flexibility index (Phi) is 4.53. The summed E-state index contributed by atoms with van der Waals surface area (Å²) in [7, 11) is 0. The third kappa shape index (κ3) is 3.26. The van der Waals surface area contributed by atoms with Gasteiger partial charge in [0.1, 0.15) is 16.4 Å². The summed E-state index contributed by atoms with van der Waals surface area (Å²) in [6, 6.07) is 1.84. The van der Waals surface area contributed by atoms with E-state index in [1.165, 1.54) is 11.3 Å². The molecule has 0 saturated heterocycles. The quantitative estimate of drug-likeness (QED) is 0.744. The van der Waals surface area contributed by atoms with Gasteiger partial charge in [0.05, 0.1) is 11.6 Å². The Morgan fingerprint density at radius 1 is 1.38 bits per heavy atom. The zero-order chi connectivity index (χ0) is 17.3. The molecule has 0 bridgehead atoms. The lowest BCUT2D eigenvalue weighted by Crippen LogP contribution is -2.23. The first-order chi connectivity index (χ1) is 11.5. The first-order valence-electron chi connectivity index (χ1n) is 7.74. The van der Waals surface area contributed by atoms with Gasteiger partial charge in [0.2, 0.25) is 5.91 Å². The molecule has 0 unspecified atom stereocenters. The van der Waals surface area contributed by atoms with Crippen LogP contribution in [0.25, 0.3) is 10.2 Å². The van der Waals surface area contributed by atoms with Crippen molar-refractivity contribution in [2.75, 3.05) is 0 Å². The Morgan fingerprint density at radius 3 is 2.88 bits per heavy atom. The number of nitrogens with zero attached hydrogens (tertiary/aromatic N) is 1. The molecule has 0 aliphatic carbocycles. The minimum Gasteiger partial charge on any atom is -0.469 e. The van der Waals surface area contributed by atoms with Gasteiger partial charge in [-0.25, -0.2) is 4.98 Å². The summed E-state index contributed by atoms with van der Waals surface area (Å²) in [6.07, 6.45) is 2.28. The summed E-state index contributed by atoms with van der Waals surface area (Å²) in [5.41, 5.74) is 1.80. The summed E-state index contributed by atoms with van der Waals surface area (Å²) in [4.78, 5) is 33.3. The van der Waals surface area contributed by atoms with Crippen LogP contribution in [-0.4, -0.2) is 15.9 Å². The predicted octanol–water partition coefficient (Wildman–Crippen LogP) is 2.75. The average Bonchev–Trinajstić information content (AvgIpc) is 3.07. The molecule has 6 nitrogen and oxygen atoms in total. The van der Waals surface area contributed by atoms with Crippen molar-refractivity contribution in [2.24, 2.45) is 0 Å². The zero-order valence-corrected chi connectivity index (χ0v) is 14.7. The highest BCUT2D eigenvalue weighted by molar-refractivity contribution is 7.18. The molecule has 3 aromatic rings. The van der Waals surface area contributed by atoms with Gasteiger partial charge in [0.15, 0.2) is 0 Å². The third-order valence-corrected chi connectivity index (χ3v) is 5.22. The van der Waals surface area contributed by atoms with E-state index in [-0.39, 0.29) is 17.9 Å². The molecule has 0 aliphatic rings. The van der Waals surface area contributed by atoms with Crippen molar-refractivity contribution in [1.29, 1.82) is 0 Å². The van der Waals surface area contributed by atoms with E-state index >= 15 is 0 Å². The second-order valence-electron chi connectivity index (χ2n) is 5.75. The van der Waals surface area contributed by atoms with Crippen LogP contribution in [0.5, 0.6) is 0 Å². The number of hydrogen-bond donors (Lipinski definition) is 2. The molecule has 0 aliphatic heterocycles. The van der Waals surface area contributed by atoms with Crippen molar-refractivity contribution >= 4 is 27.5 Å². The third-order valence-electron chi connectivity index (χ3n) is 4.12. The van der Waals surface area contributed by atoms with E-state index in [0.29, 0.717) is 24.2 Å². The summed E-state index contributed by atoms with van der Waals surface area (Å²) in [5, 5.41) is 3.50. The van der Waals surface area contributed by atoms with Gasteiger partial charge in [0.25, 0.3) is 5.56 Å². The largest absolute Gasteiger partial charge is 0.469 e. The number of rotatable bonds is 5. The smallest absolute Gasteiger partial charge is 0.259 e. The number of carbonyl (C=O) groups is 1. The molecule has 7 heteroatoms. The summed E-state index contributed by atoms with van der Waals surface area (Å²) < 4.78 is 5.19. The molecule has 126 valence electrons. The number of aromatic amines is 1. The average molecular weight is 345 g/mol. The Bertz CT molecular complexity index is 952. The molecule has 0 radical (unpaired) electrons. The van der Waals surface area contributed by atoms with Crippen molar-refractivity contribution in [2.45, 2.75) is 40.2 Å². The van der Waals surface area contributed by atoms with E-state index in [0.717, 1.165) is 26.6 Å². The summed E-state index contributed by atoms with van der Waals surface area (Å²) in [5.74, 6) is 1.26. The van der Waals surface area contributed by atoms with Crippen LogP contribution < -0.4 is 10.9 Å². The molecule has 3 heterocycles. The fourth-order valence-corrected chi connectivity index (χ4v) is 3.58. The number of carbonyl (C=O) groups excluding carboxylic acids is 1. The number of hydrogen-bond acceptors (Lipinski definition) is 5. The topological polar surface area (TPSA) is 88.0 Å². The summed E-state index contributed by atoms with van der Waals surface area (Å²) in [6.45, 7) is 6.20. The van der Waals surface area contributed by atoms with Crippen LogP contribution >= 0.6 is 11.3 Å². The van der Waals surface area contributed by atoms with Crippen LogP contribution in [-0.2, 0) is 17.8 Å². The number of fused-ring (bicyclic) bond motifs is 1. The van der Waals surface area contributed by atoms with Crippen molar-refractivity contribution in [3.63, 3.8) is 0 Å². The molecule has 1 amide bonds. The van der Waals surface area contributed by atoms with Gasteiger partial charge in [-0.05, 0) is 32.4 Å². The fraction of sp³-hybridized carbons (Fsp3) is 0.353. The van der Waals surface area contributed by atoms with E-state index in [9.17, 15) is 9.59 Å². The lowest BCUT2D eigenvalue weighted by Gasteiger charge is -2.04. The molecule has 0 aromatic carbocycles. The normalized spacial score (nSPS) is 11.1. The molecule has 3 aromatic heterocycles. The van der Waals surface area contributed by atoms with E-state index in [1.54, 1.807) is 6.26 Å². The molecule has 3 rings (SSSR count). The molecule has 0 atom stereocenters. The maximum Gasteiger partial charge on any atom is 0.259 e. The number of H-pyrrole nitrogens is 1. The molecule has 24 heavy (non-hydrogen) atoms. The minimum atomic E-state index is -0.133. The van der Waals surface area contributed by atoms with Crippen molar-refractivity contribution < 1.29 is 9.21 Å². The highest BCUT2D eigenvalue weighted by Crippen LogP contribution is 2.25. The van der Waals surface area contributed by atoms with Crippen molar-refractivity contribution in [3.05, 3.63) is 50.3 Å². The SMILES string of the molecule is Cc1occc1CNC(=O)CCc1nc2sc(C)c(C)c2c(=O)[nH]1. The van der Waals surface area contributed by atoms with Crippen LogP contribution in [0.2, 0.25) is 0 Å². The van der Waals surface area contributed by atoms with Gasteiger partial charge in [-0.1, -0.05) is 0 Å². The monoisotopic (exact) mass is 345 g/mol. The molecule has 2 N–H and O–H groups in total. The first kappa shape index (κ1) is 16.4. The molecule has 0 saturated carbocycles. The van der Waals surface area contributed by atoms with E-state index in [4.69, 9.17) is 4.42 Å². The summed E-state index contributed by atoms with van der Waals surface area (Å²) >= 11 is 1.51. The van der Waals surface area contributed by atoms with Gasteiger partial charge in [0, 0.05) is 29.8 Å². The Hall–Kier alpha value is -2.41. The Balaban J connectivity index is 1.64. The van der Waals surface area contributed by atoms with Gasteiger partial charge >= 0.3 is 0 Å². The van der Waals surface area contributed by atoms with Crippen LogP contribution in [0.4, 0.5) is 0 Å². The van der Waals surface area contributed by atoms with Gasteiger partial charge in [-0.3, -0.25) is 9.59 Å². The second-order valence-corrected chi connectivity index (χ2v) is 6.96. The standard InChI is InChI=1S/C17H19N3O3S/c1-9-11(3)24-17-15(9)16(22)19-13(20-17)4-5-14(21)18-8-12-6-7-23-10(12)2/h6-7H,4-5,8H2,1-3H3,(H,18,21)(H,19,20,22). The van der Waals surface area contributed by atoms with E-state index in [1.807, 2.05) is 26.8 Å². The minimum absolute atomic E-state index is 0.0862. The highest BCUT2D eigenvalue weighted by atomic mass is 32.1. The molecule has 0 spiro atoms. The van der Waals surface area contributed by atoms with Crippen molar-refractivity contribution in [1.82, 2.24) is 15.3 Å². The maximum atomic E-state index is 12.2. The van der Waals surface area contributed by atoms with Gasteiger partial charge in [-0.2, -0.15) is 0 Å². The number of nitrogens with one attached hydrogen (secondary N) is 2. The van der Waals surface area contributed by atoms with Crippen LogP contribution in [0, 0.1) is 20.8 Å². The van der Waals surface area contributed by atoms with E-state index < -0.39 is 0 Å². The van der Waals surface area contributed by atoms with Crippen LogP contribution in [0.15, 0.2) is 21.5 Å². The number of aromatic nitrogens is 2. The van der Waals surface area contributed by atoms with Gasteiger partial charge < -0.3 is 14.7 Å². The second kappa shape index (κ2) is 6.60. The number of aryl methyl sites for hydroxylation is 4. The highest BCUT2D eigenvalue weighted by Gasteiger charge is 2.12. The van der Waals surface area contributed by atoms with Crippen LogP contribution in [0.1, 0.15) is 34.0 Å². The molecular weight excluding hydrogens is 326 g/mol. The lowest BCUT2D eigenvalue weighted by atomic mass is 10.2. The van der Waals surface area contributed by atoms with Crippen molar-refractivity contribution in [3.8, 4) is 0 Å². The fourth-order valence-electron chi connectivity index (χ4n) is 2.53. The van der Waals surface area contributed by atoms with Gasteiger partial charge in [-0.15, -0.1) is 11.3 Å².